The van der Waals surface area contributed by atoms with Crippen molar-refractivity contribution in [1.82, 2.24) is 9.78 Å². The van der Waals surface area contributed by atoms with E-state index in [9.17, 15) is 4.21 Å². The standard InChI is InChI=1S/C23H24ClN3O3S/c1-23(2,3)31(28)26-18-14-29-15-20-17(18)12-25-27(20)19-10-7-11-21(22(19)24)30-13-16-8-5-4-6-9-16/h4-12H,13-15H2,1-3H3/b26-18+/t31-/m0/s1. The normalized spacial score (nSPS) is 16.2. The van der Waals surface area contributed by atoms with Crippen molar-refractivity contribution in [3.63, 3.8) is 0 Å². The van der Waals surface area contributed by atoms with Crippen molar-refractivity contribution in [2.24, 2.45) is 4.40 Å². The van der Waals surface area contributed by atoms with E-state index < -0.39 is 15.7 Å². The smallest absolute Gasteiger partial charge is 0.145 e. The van der Waals surface area contributed by atoms with Gasteiger partial charge in [0, 0.05) is 5.56 Å². The Morgan fingerprint density at radius 3 is 2.68 bits per heavy atom. The summed E-state index contributed by atoms with van der Waals surface area (Å²) >= 11 is 6.68. The van der Waals surface area contributed by atoms with Gasteiger partial charge in [0.25, 0.3) is 0 Å². The van der Waals surface area contributed by atoms with E-state index in [-0.39, 0.29) is 0 Å². The fourth-order valence-electron chi connectivity index (χ4n) is 3.11. The summed E-state index contributed by atoms with van der Waals surface area (Å²) in [5.41, 5.74) is 4.03. The van der Waals surface area contributed by atoms with Crippen LogP contribution < -0.4 is 4.74 Å². The van der Waals surface area contributed by atoms with Crippen molar-refractivity contribution in [3.8, 4) is 11.4 Å². The number of ether oxygens (including phenoxy) is 2. The van der Waals surface area contributed by atoms with Crippen LogP contribution in [0.25, 0.3) is 5.69 Å². The summed E-state index contributed by atoms with van der Waals surface area (Å²) in [5.74, 6) is 0.576. The van der Waals surface area contributed by atoms with E-state index in [0.717, 1.165) is 16.8 Å². The third-order valence-corrected chi connectivity index (χ3v) is 6.60. The fourth-order valence-corrected chi connectivity index (χ4v) is 3.99. The largest absolute Gasteiger partial charge is 0.487 e. The molecule has 0 spiro atoms. The molecule has 0 amide bonds. The molecule has 31 heavy (non-hydrogen) atoms. The van der Waals surface area contributed by atoms with Gasteiger partial charge in [0.05, 0.1) is 41.3 Å². The van der Waals surface area contributed by atoms with E-state index in [4.69, 9.17) is 21.1 Å². The number of benzene rings is 2. The second-order valence-electron chi connectivity index (χ2n) is 8.17. The maximum atomic E-state index is 12.5. The second-order valence-corrected chi connectivity index (χ2v) is 10.5. The molecule has 1 aliphatic heterocycles. The number of nitrogens with zero attached hydrogens (tertiary/aromatic N) is 3. The zero-order chi connectivity index (χ0) is 22.0. The lowest BCUT2D eigenvalue weighted by atomic mass is 10.1. The highest BCUT2D eigenvalue weighted by Crippen LogP contribution is 2.33. The van der Waals surface area contributed by atoms with Crippen LogP contribution in [0.2, 0.25) is 5.02 Å². The molecule has 6 nitrogen and oxygen atoms in total. The summed E-state index contributed by atoms with van der Waals surface area (Å²) in [6.45, 7) is 6.75. The summed E-state index contributed by atoms with van der Waals surface area (Å²) in [6.07, 6.45) is 1.73. The second kappa shape index (κ2) is 8.94. The molecule has 0 N–H and O–H groups in total. The van der Waals surface area contributed by atoms with Crippen LogP contribution in [0.3, 0.4) is 0 Å². The van der Waals surface area contributed by atoms with E-state index in [0.29, 0.717) is 42.0 Å². The van der Waals surface area contributed by atoms with E-state index in [1.807, 2.05) is 69.3 Å². The minimum atomic E-state index is -1.38. The first-order valence-electron chi connectivity index (χ1n) is 9.95. The topological polar surface area (TPSA) is 65.7 Å². The predicted molar refractivity (Wildman–Crippen MR) is 123 cm³/mol. The van der Waals surface area contributed by atoms with Crippen LogP contribution in [0, 0.1) is 0 Å². The minimum absolute atomic E-state index is 0.300. The van der Waals surface area contributed by atoms with E-state index in [1.165, 1.54) is 0 Å². The molecule has 1 aromatic heterocycles. The highest BCUT2D eigenvalue weighted by atomic mass is 35.5. The Balaban J connectivity index is 1.64. The van der Waals surface area contributed by atoms with Gasteiger partial charge in [-0.1, -0.05) is 48.0 Å². The van der Waals surface area contributed by atoms with Crippen LogP contribution in [0.4, 0.5) is 0 Å². The summed E-state index contributed by atoms with van der Waals surface area (Å²) in [5, 5.41) is 4.99. The molecular weight excluding hydrogens is 434 g/mol. The Morgan fingerprint density at radius 2 is 1.94 bits per heavy atom. The van der Waals surface area contributed by atoms with E-state index in [1.54, 1.807) is 10.9 Å². The Labute approximate surface area is 189 Å². The molecule has 8 heteroatoms. The first-order chi connectivity index (χ1) is 14.8. The molecule has 162 valence electrons. The average molecular weight is 458 g/mol. The molecule has 0 radical (unpaired) electrons. The van der Waals surface area contributed by atoms with Gasteiger partial charge in [-0.15, -0.1) is 0 Å². The van der Waals surface area contributed by atoms with E-state index in [2.05, 4.69) is 9.50 Å². The lowest BCUT2D eigenvalue weighted by Crippen LogP contribution is -2.25. The third-order valence-electron chi connectivity index (χ3n) is 4.78. The fraction of sp³-hybridized carbons (Fsp3) is 0.304. The molecule has 0 bridgehead atoms. The number of halogens is 1. The van der Waals surface area contributed by atoms with Crippen LogP contribution in [-0.2, 0) is 28.9 Å². The number of aromatic nitrogens is 2. The van der Waals surface area contributed by atoms with Crippen LogP contribution in [0.5, 0.6) is 5.75 Å². The number of hydrogen-bond donors (Lipinski definition) is 0. The molecule has 4 rings (SSSR count). The first-order valence-corrected chi connectivity index (χ1v) is 11.4. The average Bonchev–Trinajstić information content (AvgIpc) is 3.18. The summed E-state index contributed by atoms with van der Waals surface area (Å²) in [6, 6.07) is 15.5. The van der Waals surface area contributed by atoms with E-state index >= 15 is 0 Å². The molecule has 0 unspecified atom stereocenters. The van der Waals surface area contributed by atoms with Crippen molar-refractivity contribution in [3.05, 3.63) is 76.6 Å². The van der Waals surface area contributed by atoms with Crippen LogP contribution in [-0.4, -0.2) is 31.1 Å². The molecule has 0 saturated heterocycles. The maximum Gasteiger partial charge on any atom is 0.145 e. The van der Waals surface area contributed by atoms with Crippen LogP contribution >= 0.6 is 11.6 Å². The Bertz CT molecular complexity index is 1140. The van der Waals surface area contributed by atoms with Gasteiger partial charge in [0.2, 0.25) is 0 Å². The van der Waals surface area contributed by atoms with Crippen LogP contribution in [0.1, 0.15) is 37.6 Å². The number of hydrogen-bond acceptors (Lipinski definition) is 4. The molecule has 1 aliphatic rings. The van der Waals surface area contributed by atoms with Gasteiger partial charge in [-0.05, 0) is 38.5 Å². The summed E-state index contributed by atoms with van der Waals surface area (Å²) < 4.78 is 29.9. The van der Waals surface area contributed by atoms with Gasteiger partial charge in [-0.2, -0.15) is 9.50 Å². The highest BCUT2D eigenvalue weighted by Gasteiger charge is 2.26. The SMILES string of the molecule is CC(C)(C)[S@](=O)/N=C1\COCc2c1cnn2-c1cccc(OCc2ccccc2)c1Cl. The highest BCUT2D eigenvalue weighted by molar-refractivity contribution is 7.85. The minimum Gasteiger partial charge on any atom is -0.487 e. The van der Waals surface area contributed by atoms with Gasteiger partial charge in [0.15, 0.2) is 0 Å². The van der Waals surface area contributed by atoms with Gasteiger partial charge < -0.3 is 9.47 Å². The Hall–Kier alpha value is -2.48. The van der Waals surface area contributed by atoms with Crippen molar-refractivity contribution in [2.45, 2.75) is 38.7 Å². The van der Waals surface area contributed by atoms with Gasteiger partial charge in [-0.25, -0.2) is 8.89 Å². The molecule has 0 aliphatic carbocycles. The van der Waals surface area contributed by atoms with Gasteiger partial charge in [-0.3, -0.25) is 0 Å². The Morgan fingerprint density at radius 1 is 1.16 bits per heavy atom. The van der Waals surface area contributed by atoms with Crippen molar-refractivity contribution in [2.75, 3.05) is 6.61 Å². The molecule has 0 saturated carbocycles. The molecule has 1 atom stereocenters. The predicted octanol–water partition coefficient (Wildman–Crippen LogP) is 4.89. The molecule has 2 heterocycles. The lowest BCUT2D eigenvalue weighted by Gasteiger charge is -2.19. The molecule has 3 aromatic rings. The lowest BCUT2D eigenvalue weighted by molar-refractivity contribution is 0.147. The first kappa shape index (κ1) is 21.7. The summed E-state index contributed by atoms with van der Waals surface area (Å²) in [7, 11) is -1.38. The number of fused-ring (bicyclic) bond motifs is 1. The van der Waals surface area contributed by atoms with Gasteiger partial charge in [0.1, 0.15) is 28.4 Å². The maximum absolute atomic E-state index is 12.5. The zero-order valence-electron chi connectivity index (χ0n) is 17.7. The van der Waals surface area contributed by atoms with Crippen molar-refractivity contribution in [1.29, 1.82) is 0 Å². The van der Waals surface area contributed by atoms with Crippen molar-refractivity contribution < 1.29 is 13.7 Å². The molecular formula is C23H24ClN3O3S. The van der Waals surface area contributed by atoms with Gasteiger partial charge >= 0.3 is 0 Å². The third kappa shape index (κ3) is 4.74. The summed E-state index contributed by atoms with van der Waals surface area (Å²) in [4.78, 5) is 0. The van der Waals surface area contributed by atoms with Crippen molar-refractivity contribution >= 4 is 28.3 Å². The Kier molecular flexibility index (Phi) is 6.27. The molecule has 2 aromatic carbocycles. The quantitative estimate of drug-likeness (QED) is 0.547. The number of rotatable bonds is 5. The monoisotopic (exact) mass is 457 g/mol. The van der Waals surface area contributed by atoms with Crippen LogP contribution in [0.15, 0.2) is 59.1 Å². The molecule has 0 fully saturated rings. The zero-order valence-corrected chi connectivity index (χ0v) is 19.2.